The average Bonchev–Trinajstić information content (AvgIpc) is 2.49. The van der Waals surface area contributed by atoms with Crippen LogP contribution in [0, 0.1) is 0 Å². The smallest absolute Gasteiger partial charge is 0.264 e. The molecular weight excluding hydrogens is 354 g/mol. The number of hydrogen-bond acceptors (Lipinski definition) is 3. The van der Waals surface area contributed by atoms with Crippen molar-refractivity contribution >= 4 is 31.6 Å². The number of sulfonamides is 1. The van der Waals surface area contributed by atoms with Crippen LogP contribution < -0.4 is 4.31 Å². The van der Waals surface area contributed by atoms with Crippen LogP contribution in [0.3, 0.4) is 0 Å². The molecule has 110 valence electrons. The lowest BCUT2D eigenvalue weighted by Crippen LogP contribution is -2.36. The number of aliphatic hydroxyl groups is 1. The Bertz CT molecular complexity index is 762. The zero-order valence-electron chi connectivity index (χ0n) is 11.1. The van der Waals surface area contributed by atoms with E-state index in [2.05, 4.69) is 15.9 Å². The van der Waals surface area contributed by atoms with E-state index in [9.17, 15) is 13.5 Å². The monoisotopic (exact) mass is 367 g/mol. The Hall–Kier alpha value is -1.37. The Kier molecular flexibility index (Phi) is 3.77. The predicted molar refractivity (Wildman–Crippen MR) is 84.7 cm³/mol. The minimum atomic E-state index is -3.60. The lowest BCUT2D eigenvalue weighted by molar-refractivity contribution is 0.166. The van der Waals surface area contributed by atoms with Crippen LogP contribution in [-0.4, -0.2) is 20.1 Å². The summed E-state index contributed by atoms with van der Waals surface area (Å²) >= 11 is 3.35. The first-order valence-corrected chi connectivity index (χ1v) is 8.79. The molecule has 1 N–H and O–H groups in total. The zero-order valence-corrected chi connectivity index (χ0v) is 13.5. The minimum absolute atomic E-state index is 0.259. The first-order chi connectivity index (χ1) is 10.00. The molecule has 1 atom stereocenters. The van der Waals surface area contributed by atoms with Gasteiger partial charge < -0.3 is 5.11 Å². The molecule has 0 aliphatic carbocycles. The summed E-state index contributed by atoms with van der Waals surface area (Å²) < 4.78 is 27.7. The number of benzene rings is 2. The van der Waals surface area contributed by atoms with Crippen LogP contribution in [-0.2, 0) is 10.0 Å². The van der Waals surface area contributed by atoms with Gasteiger partial charge in [0.2, 0.25) is 0 Å². The fourth-order valence-electron chi connectivity index (χ4n) is 2.50. The maximum absolute atomic E-state index is 12.8. The Balaban J connectivity index is 2.12. The number of halogens is 1. The van der Waals surface area contributed by atoms with Gasteiger partial charge in [-0.05, 0) is 36.8 Å². The normalized spacial score (nSPS) is 18.4. The van der Waals surface area contributed by atoms with Crippen LogP contribution in [0.25, 0.3) is 0 Å². The summed E-state index contributed by atoms with van der Waals surface area (Å²) in [6.07, 6.45) is -0.255. The van der Waals surface area contributed by atoms with Crippen LogP contribution in [0.4, 0.5) is 5.69 Å². The fraction of sp³-hybridized carbons (Fsp3) is 0.200. The third-order valence-corrected chi connectivity index (χ3v) is 5.87. The highest BCUT2D eigenvalue weighted by Crippen LogP contribution is 2.38. The highest BCUT2D eigenvalue weighted by molar-refractivity contribution is 9.10. The van der Waals surface area contributed by atoms with Gasteiger partial charge in [0.25, 0.3) is 10.0 Å². The van der Waals surface area contributed by atoms with Gasteiger partial charge in [-0.2, -0.15) is 0 Å². The van der Waals surface area contributed by atoms with Crippen LogP contribution in [0.1, 0.15) is 18.1 Å². The van der Waals surface area contributed by atoms with Crippen LogP contribution in [0.15, 0.2) is 57.9 Å². The van der Waals surface area contributed by atoms with E-state index in [0.29, 0.717) is 17.7 Å². The number of nitrogens with zero attached hydrogens (tertiary/aromatic N) is 1. The molecule has 4 nitrogen and oxygen atoms in total. The molecule has 2 aromatic carbocycles. The summed E-state index contributed by atoms with van der Waals surface area (Å²) in [5.74, 6) is 0. The van der Waals surface area contributed by atoms with E-state index in [0.717, 1.165) is 4.47 Å². The minimum Gasteiger partial charge on any atom is -0.388 e. The van der Waals surface area contributed by atoms with Gasteiger partial charge in [0.15, 0.2) is 0 Å². The standard InChI is InChI=1S/C15H14BrNO3S/c16-11-6-7-14-13(10-11)15(18)8-9-17(14)21(19,20)12-4-2-1-3-5-12/h1-7,10,15,18H,8-9H2. The van der Waals surface area contributed by atoms with Crippen molar-refractivity contribution in [2.45, 2.75) is 17.4 Å². The van der Waals surface area contributed by atoms with Crippen molar-refractivity contribution in [3.63, 3.8) is 0 Å². The van der Waals surface area contributed by atoms with Crippen LogP contribution in [0.2, 0.25) is 0 Å². The molecule has 0 bridgehead atoms. The zero-order chi connectivity index (χ0) is 15.0. The fourth-order valence-corrected chi connectivity index (χ4v) is 4.41. The summed E-state index contributed by atoms with van der Waals surface area (Å²) in [4.78, 5) is 0.259. The van der Waals surface area contributed by atoms with Gasteiger partial charge in [0, 0.05) is 16.6 Å². The van der Waals surface area contributed by atoms with Gasteiger partial charge in [0.05, 0.1) is 16.7 Å². The molecule has 1 aliphatic heterocycles. The first kappa shape index (κ1) is 14.6. The Morgan fingerprint density at radius 2 is 1.86 bits per heavy atom. The maximum atomic E-state index is 12.8. The third kappa shape index (κ3) is 2.59. The molecule has 1 unspecified atom stereocenters. The van der Waals surface area contributed by atoms with E-state index >= 15 is 0 Å². The molecule has 3 rings (SSSR count). The number of anilines is 1. The predicted octanol–water partition coefficient (Wildman–Crippen LogP) is 3.08. The summed E-state index contributed by atoms with van der Waals surface area (Å²) in [7, 11) is -3.60. The van der Waals surface area contributed by atoms with Crippen molar-refractivity contribution in [1.29, 1.82) is 0 Å². The number of fused-ring (bicyclic) bond motifs is 1. The molecule has 2 aromatic rings. The summed E-state index contributed by atoms with van der Waals surface area (Å²) in [6.45, 7) is 0.271. The molecule has 0 aromatic heterocycles. The van der Waals surface area contributed by atoms with E-state index in [1.165, 1.54) is 4.31 Å². The quantitative estimate of drug-likeness (QED) is 0.886. The van der Waals surface area contributed by atoms with Gasteiger partial charge >= 0.3 is 0 Å². The van der Waals surface area contributed by atoms with Crippen LogP contribution >= 0.6 is 15.9 Å². The third-order valence-electron chi connectivity index (χ3n) is 3.55. The van der Waals surface area contributed by atoms with Crippen molar-refractivity contribution in [3.05, 3.63) is 58.6 Å². The molecular formula is C15H14BrNO3S. The topological polar surface area (TPSA) is 57.6 Å². The number of aliphatic hydroxyl groups excluding tert-OH is 1. The van der Waals surface area contributed by atoms with Gasteiger partial charge in [-0.1, -0.05) is 34.1 Å². The summed E-state index contributed by atoms with van der Waals surface area (Å²) in [5.41, 5.74) is 1.18. The largest absolute Gasteiger partial charge is 0.388 e. The number of hydrogen-bond donors (Lipinski definition) is 1. The van der Waals surface area contributed by atoms with E-state index in [4.69, 9.17) is 0 Å². The van der Waals surface area contributed by atoms with E-state index in [-0.39, 0.29) is 11.4 Å². The van der Waals surface area contributed by atoms with Gasteiger partial charge in [-0.3, -0.25) is 4.31 Å². The molecule has 0 spiro atoms. The SMILES string of the molecule is O=S(=O)(c1ccccc1)N1CCC(O)c2cc(Br)ccc21. The van der Waals surface area contributed by atoms with E-state index < -0.39 is 16.1 Å². The molecule has 0 radical (unpaired) electrons. The van der Waals surface area contributed by atoms with Gasteiger partial charge in [0.1, 0.15) is 0 Å². The second-order valence-electron chi connectivity index (χ2n) is 4.90. The average molecular weight is 368 g/mol. The highest BCUT2D eigenvalue weighted by Gasteiger charge is 2.32. The number of rotatable bonds is 2. The van der Waals surface area contributed by atoms with Crippen molar-refractivity contribution < 1.29 is 13.5 Å². The Labute approximate surface area is 132 Å². The second-order valence-corrected chi connectivity index (χ2v) is 7.68. The second kappa shape index (κ2) is 5.44. The molecule has 21 heavy (non-hydrogen) atoms. The lowest BCUT2D eigenvalue weighted by atomic mass is 10.0. The molecule has 0 saturated heterocycles. The van der Waals surface area contributed by atoms with Crippen molar-refractivity contribution in [1.82, 2.24) is 0 Å². The van der Waals surface area contributed by atoms with Crippen molar-refractivity contribution in [2.75, 3.05) is 10.8 Å². The van der Waals surface area contributed by atoms with Crippen LogP contribution in [0.5, 0.6) is 0 Å². The summed E-state index contributed by atoms with van der Waals surface area (Å²) in [5, 5.41) is 10.1. The van der Waals surface area contributed by atoms with E-state index in [1.54, 1.807) is 48.5 Å². The van der Waals surface area contributed by atoms with Gasteiger partial charge in [-0.15, -0.1) is 0 Å². The molecule has 6 heteroatoms. The Morgan fingerprint density at radius 1 is 1.14 bits per heavy atom. The first-order valence-electron chi connectivity index (χ1n) is 6.55. The highest BCUT2D eigenvalue weighted by atomic mass is 79.9. The maximum Gasteiger partial charge on any atom is 0.264 e. The molecule has 1 heterocycles. The summed E-state index contributed by atoms with van der Waals surface area (Å²) in [6, 6.07) is 13.6. The Morgan fingerprint density at radius 3 is 2.57 bits per heavy atom. The lowest BCUT2D eigenvalue weighted by Gasteiger charge is -2.33. The molecule has 0 fully saturated rings. The molecule has 1 aliphatic rings. The van der Waals surface area contributed by atoms with E-state index in [1.807, 2.05) is 0 Å². The van der Waals surface area contributed by atoms with Crippen molar-refractivity contribution in [3.8, 4) is 0 Å². The molecule has 0 amide bonds. The van der Waals surface area contributed by atoms with Gasteiger partial charge in [-0.25, -0.2) is 8.42 Å². The molecule has 0 saturated carbocycles. The van der Waals surface area contributed by atoms with Crippen molar-refractivity contribution in [2.24, 2.45) is 0 Å².